The van der Waals surface area contributed by atoms with E-state index in [4.69, 9.17) is 5.11 Å². The van der Waals surface area contributed by atoms with Crippen molar-refractivity contribution in [3.8, 4) is 0 Å². The van der Waals surface area contributed by atoms with E-state index < -0.39 is 28.8 Å². The summed E-state index contributed by atoms with van der Waals surface area (Å²) in [4.78, 5) is 33.4. The molecule has 0 saturated carbocycles. The number of nitro benzene ring substituents is 1. The summed E-state index contributed by atoms with van der Waals surface area (Å²) in [6, 6.07) is 4.76. The van der Waals surface area contributed by atoms with E-state index >= 15 is 0 Å². The Hall–Kier alpha value is -2.44. The van der Waals surface area contributed by atoms with E-state index in [0.717, 1.165) is 0 Å². The molecule has 1 rings (SSSR count). The highest BCUT2D eigenvalue weighted by molar-refractivity contribution is 5.88. The van der Waals surface area contributed by atoms with Crippen LogP contribution < -0.4 is 5.32 Å². The lowest BCUT2D eigenvalue weighted by atomic mass is 9.98. The molecule has 1 aromatic carbocycles. The zero-order chi connectivity index (χ0) is 16.2. The van der Waals surface area contributed by atoms with E-state index in [-0.39, 0.29) is 11.6 Å². The first kappa shape index (κ1) is 16.6. The SMILES string of the molecule is CC(C(=O)N[C@H](C(=O)O)C(C)C)c1cccc([N+](=O)[O-])c1. The predicted molar refractivity (Wildman–Crippen MR) is 75.9 cm³/mol. The van der Waals surface area contributed by atoms with Gasteiger partial charge in [0.2, 0.25) is 5.91 Å². The average molecular weight is 294 g/mol. The van der Waals surface area contributed by atoms with E-state index in [2.05, 4.69) is 5.32 Å². The Morgan fingerprint density at radius 1 is 1.29 bits per heavy atom. The summed E-state index contributed by atoms with van der Waals surface area (Å²) in [5.41, 5.74) is 0.361. The van der Waals surface area contributed by atoms with Crippen LogP contribution in [0, 0.1) is 16.0 Å². The van der Waals surface area contributed by atoms with Gasteiger partial charge in [0.15, 0.2) is 0 Å². The number of hydrogen-bond donors (Lipinski definition) is 2. The fourth-order valence-electron chi connectivity index (χ4n) is 1.85. The second-order valence-corrected chi connectivity index (χ2v) is 5.14. The number of aliphatic carboxylic acids is 1. The Kier molecular flexibility index (Phi) is 5.40. The maximum absolute atomic E-state index is 12.1. The van der Waals surface area contributed by atoms with Gasteiger partial charge in [-0.05, 0) is 18.4 Å². The van der Waals surface area contributed by atoms with Gasteiger partial charge in [0.1, 0.15) is 6.04 Å². The normalized spacial score (nSPS) is 13.5. The van der Waals surface area contributed by atoms with Crippen LogP contribution in [-0.2, 0) is 9.59 Å². The Bertz CT molecular complexity index is 556. The van der Waals surface area contributed by atoms with Gasteiger partial charge in [-0.1, -0.05) is 26.0 Å². The molecule has 2 N–H and O–H groups in total. The van der Waals surface area contributed by atoms with Crippen LogP contribution in [-0.4, -0.2) is 27.9 Å². The van der Waals surface area contributed by atoms with Gasteiger partial charge in [0, 0.05) is 12.1 Å². The predicted octanol–water partition coefficient (Wildman–Crippen LogP) is 1.92. The van der Waals surface area contributed by atoms with Crippen molar-refractivity contribution in [2.75, 3.05) is 0 Å². The number of nitro groups is 1. The van der Waals surface area contributed by atoms with Gasteiger partial charge in [0.05, 0.1) is 10.8 Å². The van der Waals surface area contributed by atoms with Gasteiger partial charge in [0.25, 0.3) is 5.69 Å². The van der Waals surface area contributed by atoms with Gasteiger partial charge < -0.3 is 10.4 Å². The van der Waals surface area contributed by atoms with Crippen LogP contribution in [0.5, 0.6) is 0 Å². The molecule has 0 aliphatic carbocycles. The van der Waals surface area contributed by atoms with Crippen LogP contribution in [0.25, 0.3) is 0 Å². The third-order valence-corrected chi connectivity index (χ3v) is 3.20. The van der Waals surface area contributed by atoms with Gasteiger partial charge >= 0.3 is 5.97 Å². The summed E-state index contributed by atoms with van der Waals surface area (Å²) in [6.45, 7) is 4.96. The minimum absolute atomic E-state index is 0.106. The van der Waals surface area contributed by atoms with E-state index in [1.54, 1.807) is 26.8 Å². The van der Waals surface area contributed by atoms with Crippen molar-refractivity contribution in [2.45, 2.75) is 32.7 Å². The largest absolute Gasteiger partial charge is 0.480 e. The number of hydrogen-bond acceptors (Lipinski definition) is 4. The topological polar surface area (TPSA) is 110 Å². The molecular weight excluding hydrogens is 276 g/mol. The fourth-order valence-corrected chi connectivity index (χ4v) is 1.85. The number of carbonyl (C=O) groups excluding carboxylic acids is 1. The molecular formula is C14H18N2O5. The Balaban J connectivity index is 2.90. The molecule has 0 saturated heterocycles. The number of carbonyl (C=O) groups is 2. The number of non-ortho nitro benzene ring substituents is 1. The Labute approximate surface area is 122 Å². The van der Waals surface area contributed by atoms with Crippen molar-refractivity contribution in [1.82, 2.24) is 5.32 Å². The van der Waals surface area contributed by atoms with Crippen molar-refractivity contribution >= 4 is 17.6 Å². The standard InChI is InChI=1S/C14H18N2O5/c1-8(2)12(14(18)19)15-13(17)9(3)10-5-4-6-11(7-10)16(20)21/h4-9,12H,1-3H3,(H,15,17)(H,18,19)/t9?,12-/m0/s1. The number of amides is 1. The van der Waals surface area contributed by atoms with Gasteiger partial charge in [-0.25, -0.2) is 4.79 Å². The number of nitrogens with one attached hydrogen (secondary N) is 1. The van der Waals surface area contributed by atoms with Crippen molar-refractivity contribution in [3.63, 3.8) is 0 Å². The maximum Gasteiger partial charge on any atom is 0.326 e. The van der Waals surface area contributed by atoms with E-state index in [9.17, 15) is 19.7 Å². The van der Waals surface area contributed by atoms with E-state index in [1.165, 1.54) is 18.2 Å². The lowest BCUT2D eigenvalue weighted by Crippen LogP contribution is -2.45. The zero-order valence-electron chi connectivity index (χ0n) is 12.1. The number of nitrogens with zero attached hydrogens (tertiary/aromatic N) is 1. The number of rotatable bonds is 6. The number of carboxylic acid groups (broad SMARTS) is 1. The molecule has 2 atom stereocenters. The van der Waals surface area contributed by atoms with Crippen LogP contribution in [0.1, 0.15) is 32.3 Å². The lowest BCUT2D eigenvalue weighted by molar-refractivity contribution is -0.384. The molecule has 0 aromatic heterocycles. The molecule has 0 spiro atoms. The van der Waals surface area contributed by atoms with Crippen LogP contribution in [0.2, 0.25) is 0 Å². The third kappa shape index (κ3) is 4.27. The molecule has 0 fully saturated rings. The highest BCUT2D eigenvalue weighted by Gasteiger charge is 2.26. The molecule has 1 aromatic rings. The summed E-state index contributed by atoms with van der Waals surface area (Å²) in [5.74, 6) is -2.52. The summed E-state index contributed by atoms with van der Waals surface area (Å²) < 4.78 is 0. The number of benzene rings is 1. The molecule has 0 heterocycles. The van der Waals surface area contributed by atoms with Crippen molar-refractivity contribution < 1.29 is 19.6 Å². The molecule has 0 aliphatic heterocycles. The fraction of sp³-hybridized carbons (Fsp3) is 0.429. The second kappa shape index (κ2) is 6.83. The summed E-state index contributed by atoms with van der Waals surface area (Å²) in [5, 5.41) is 22.2. The smallest absolute Gasteiger partial charge is 0.326 e. The van der Waals surface area contributed by atoms with Gasteiger partial charge in [-0.15, -0.1) is 0 Å². The molecule has 0 aliphatic rings. The van der Waals surface area contributed by atoms with E-state index in [1.807, 2.05) is 0 Å². The maximum atomic E-state index is 12.1. The van der Waals surface area contributed by atoms with Crippen LogP contribution in [0.4, 0.5) is 5.69 Å². The van der Waals surface area contributed by atoms with Gasteiger partial charge in [-0.2, -0.15) is 0 Å². The third-order valence-electron chi connectivity index (χ3n) is 3.20. The first-order valence-corrected chi connectivity index (χ1v) is 6.51. The molecule has 114 valence electrons. The first-order chi connectivity index (χ1) is 9.73. The Morgan fingerprint density at radius 2 is 1.90 bits per heavy atom. The summed E-state index contributed by atoms with van der Waals surface area (Å²) >= 11 is 0. The highest BCUT2D eigenvalue weighted by atomic mass is 16.6. The quantitative estimate of drug-likeness (QED) is 0.615. The second-order valence-electron chi connectivity index (χ2n) is 5.14. The number of carboxylic acids is 1. The Morgan fingerprint density at radius 3 is 2.38 bits per heavy atom. The van der Waals surface area contributed by atoms with E-state index in [0.29, 0.717) is 5.56 Å². The van der Waals surface area contributed by atoms with Gasteiger partial charge in [-0.3, -0.25) is 14.9 Å². The molecule has 7 heteroatoms. The van der Waals surface area contributed by atoms with Crippen molar-refractivity contribution in [1.29, 1.82) is 0 Å². The highest BCUT2D eigenvalue weighted by Crippen LogP contribution is 2.21. The monoisotopic (exact) mass is 294 g/mol. The summed E-state index contributed by atoms with van der Waals surface area (Å²) in [6.07, 6.45) is 0. The van der Waals surface area contributed by atoms with Crippen LogP contribution in [0.3, 0.4) is 0 Å². The molecule has 1 amide bonds. The zero-order valence-corrected chi connectivity index (χ0v) is 12.1. The molecule has 21 heavy (non-hydrogen) atoms. The minimum atomic E-state index is -1.11. The minimum Gasteiger partial charge on any atom is -0.480 e. The van der Waals surface area contributed by atoms with Crippen molar-refractivity contribution in [3.05, 3.63) is 39.9 Å². The molecule has 0 radical (unpaired) electrons. The first-order valence-electron chi connectivity index (χ1n) is 6.51. The van der Waals surface area contributed by atoms with Crippen molar-refractivity contribution in [2.24, 2.45) is 5.92 Å². The average Bonchev–Trinajstić information content (AvgIpc) is 2.42. The molecule has 1 unspecified atom stereocenters. The van der Waals surface area contributed by atoms with Crippen LogP contribution in [0.15, 0.2) is 24.3 Å². The lowest BCUT2D eigenvalue weighted by Gasteiger charge is -2.20. The summed E-state index contributed by atoms with van der Waals surface area (Å²) in [7, 11) is 0. The van der Waals surface area contributed by atoms with Crippen LogP contribution >= 0.6 is 0 Å². The molecule has 7 nitrogen and oxygen atoms in total. The molecule has 0 bridgehead atoms.